The number of rotatable bonds is 5. The van der Waals surface area contributed by atoms with E-state index in [1.807, 2.05) is 24.3 Å². The highest BCUT2D eigenvalue weighted by molar-refractivity contribution is 5.96. The number of para-hydroxylation sites is 2. The van der Waals surface area contributed by atoms with Gasteiger partial charge in [0.15, 0.2) is 0 Å². The van der Waals surface area contributed by atoms with Gasteiger partial charge in [-0.25, -0.2) is 8.78 Å². The summed E-state index contributed by atoms with van der Waals surface area (Å²) in [6, 6.07) is 11.3. The Morgan fingerprint density at radius 1 is 1.14 bits per heavy atom. The predicted molar refractivity (Wildman–Crippen MR) is 103 cm³/mol. The maximum Gasteiger partial charge on any atom is 0.228 e. The molecule has 1 saturated carbocycles. The lowest BCUT2D eigenvalue weighted by atomic mass is 9.90. The minimum Gasteiger partial charge on any atom is -0.495 e. The largest absolute Gasteiger partial charge is 0.495 e. The number of carbonyl (C=O) groups excluding carboxylic acids is 1. The number of likely N-dealkylation sites (tertiary alicyclic amines) is 1. The molecule has 2 aromatic rings. The maximum atomic E-state index is 13.9. The van der Waals surface area contributed by atoms with E-state index in [1.54, 1.807) is 7.11 Å². The van der Waals surface area contributed by atoms with Gasteiger partial charge in [-0.05, 0) is 62.0 Å². The highest BCUT2D eigenvalue weighted by Gasteiger charge is 2.58. The van der Waals surface area contributed by atoms with Crippen LogP contribution < -0.4 is 10.1 Å². The SMILES string of the molecule is COc1ccccc1NC(=O)[C@@H]1CC12CCN(Cc1c(F)cccc1F)CC2. The van der Waals surface area contributed by atoms with Gasteiger partial charge in [-0.3, -0.25) is 9.69 Å². The summed E-state index contributed by atoms with van der Waals surface area (Å²) in [5.74, 6) is -0.336. The van der Waals surface area contributed by atoms with E-state index in [0.717, 1.165) is 32.4 Å². The van der Waals surface area contributed by atoms with E-state index in [1.165, 1.54) is 18.2 Å². The normalized spacial score (nSPS) is 20.8. The lowest BCUT2D eigenvalue weighted by Gasteiger charge is -2.33. The average Bonchev–Trinajstić information content (AvgIpc) is 3.40. The molecule has 1 spiro atoms. The van der Waals surface area contributed by atoms with Crippen LogP contribution in [0.1, 0.15) is 24.8 Å². The highest BCUT2D eigenvalue weighted by Crippen LogP contribution is 2.59. The van der Waals surface area contributed by atoms with Crippen LogP contribution in [-0.4, -0.2) is 31.0 Å². The topological polar surface area (TPSA) is 41.6 Å². The molecule has 1 saturated heterocycles. The van der Waals surface area contributed by atoms with E-state index in [0.29, 0.717) is 11.4 Å². The van der Waals surface area contributed by atoms with Crippen molar-refractivity contribution in [2.75, 3.05) is 25.5 Å². The molecule has 4 nitrogen and oxygen atoms in total. The molecule has 1 aliphatic carbocycles. The summed E-state index contributed by atoms with van der Waals surface area (Å²) >= 11 is 0. The Labute approximate surface area is 163 Å². The van der Waals surface area contributed by atoms with Crippen LogP contribution in [0.2, 0.25) is 0 Å². The molecular weight excluding hydrogens is 362 g/mol. The lowest BCUT2D eigenvalue weighted by Crippen LogP contribution is -2.36. The fraction of sp³-hybridized carbons (Fsp3) is 0.409. The Bertz CT molecular complexity index is 858. The molecule has 28 heavy (non-hydrogen) atoms. The van der Waals surface area contributed by atoms with Gasteiger partial charge in [0, 0.05) is 18.0 Å². The van der Waals surface area contributed by atoms with Gasteiger partial charge in [-0.2, -0.15) is 0 Å². The van der Waals surface area contributed by atoms with E-state index >= 15 is 0 Å². The van der Waals surface area contributed by atoms with Gasteiger partial charge < -0.3 is 10.1 Å². The Hall–Kier alpha value is -2.47. The third-order valence-electron chi connectivity index (χ3n) is 6.17. The second kappa shape index (κ2) is 7.51. The van der Waals surface area contributed by atoms with E-state index in [9.17, 15) is 13.6 Å². The van der Waals surface area contributed by atoms with E-state index in [-0.39, 0.29) is 29.3 Å². The number of methoxy groups -OCH3 is 1. The molecule has 1 amide bonds. The molecule has 4 rings (SSSR count). The number of amides is 1. The molecule has 2 fully saturated rings. The van der Waals surface area contributed by atoms with Crippen LogP contribution in [0.3, 0.4) is 0 Å². The Kier molecular flexibility index (Phi) is 5.06. The van der Waals surface area contributed by atoms with E-state index in [4.69, 9.17) is 4.74 Å². The standard InChI is InChI=1S/C22H24F2N2O2/c1-28-20-8-3-2-7-19(20)25-21(27)16-13-22(16)9-11-26(12-10-22)14-15-17(23)5-4-6-18(15)24/h2-8,16H,9-14H2,1H3,(H,25,27)/t16-/m0/s1. The van der Waals surface area contributed by atoms with Gasteiger partial charge in [0.05, 0.1) is 12.8 Å². The fourth-order valence-electron chi connectivity index (χ4n) is 4.30. The number of hydrogen-bond donors (Lipinski definition) is 1. The number of hydrogen-bond acceptors (Lipinski definition) is 3. The van der Waals surface area contributed by atoms with Gasteiger partial charge in [0.1, 0.15) is 17.4 Å². The number of benzene rings is 2. The second-order valence-electron chi connectivity index (χ2n) is 7.78. The van der Waals surface area contributed by atoms with Gasteiger partial charge in [0.2, 0.25) is 5.91 Å². The highest BCUT2D eigenvalue weighted by atomic mass is 19.1. The zero-order valence-electron chi connectivity index (χ0n) is 15.9. The third-order valence-corrected chi connectivity index (χ3v) is 6.17. The fourth-order valence-corrected chi connectivity index (χ4v) is 4.30. The van der Waals surface area contributed by atoms with Crippen LogP contribution in [0, 0.1) is 23.0 Å². The first-order valence-corrected chi connectivity index (χ1v) is 9.61. The summed E-state index contributed by atoms with van der Waals surface area (Å²) in [4.78, 5) is 14.8. The first-order valence-electron chi connectivity index (χ1n) is 9.61. The molecule has 0 radical (unpaired) electrons. The average molecular weight is 386 g/mol. The van der Waals surface area contributed by atoms with Crippen molar-refractivity contribution in [2.45, 2.75) is 25.8 Å². The number of carbonyl (C=O) groups is 1. The van der Waals surface area contributed by atoms with Crippen molar-refractivity contribution in [2.24, 2.45) is 11.3 Å². The molecule has 0 unspecified atom stereocenters. The van der Waals surface area contributed by atoms with E-state index < -0.39 is 11.6 Å². The minimum atomic E-state index is -0.499. The molecule has 6 heteroatoms. The van der Waals surface area contributed by atoms with Crippen molar-refractivity contribution in [3.05, 3.63) is 59.7 Å². The van der Waals surface area contributed by atoms with Crippen molar-refractivity contribution in [3.8, 4) is 5.75 Å². The smallest absolute Gasteiger partial charge is 0.228 e. The van der Waals surface area contributed by atoms with Crippen LogP contribution in [0.25, 0.3) is 0 Å². The molecule has 0 bridgehead atoms. The Balaban J connectivity index is 1.34. The maximum absolute atomic E-state index is 13.9. The summed E-state index contributed by atoms with van der Waals surface area (Å²) in [5.41, 5.74) is 0.834. The summed E-state index contributed by atoms with van der Waals surface area (Å²) in [5, 5.41) is 2.98. The molecule has 0 aromatic heterocycles. The first kappa shape index (κ1) is 18.9. The minimum absolute atomic E-state index is 0.00948. The molecule has 1 heterocycles. The molecule has 1 atom stereocenters. The number of ether oxygens (including phenoxy) is 1. The molecule has 148 valence electrons. The quantitative estimate of drug-likeness (QED) is 0.837. The van der Waals surface area contributed by atoms with Crippen LogP contribution in [0.15, 0.2) is 42.5 Å². The Morgan fingerprint density at radius 3 is 2.50 bits per heavy atom. The predicted octanol–water partition coefficient (Wildman–Crippen LogP) is 4.21. The number of halogens is 2. The molecular formula is C22H24F2N2O2. The lowest BCUT2D eigenvalue weighted by molar-refractivity contribution is -0.118. The number of piperidine rings is 1. The zero-order chi connectivity index (χ0) is 19.7. The number of anilines is 1. The van der Waals surface area contributed by atoms with Gasteiger partial charge in [0.25, 0.3) is 0 Å². The summed E-state index contributed by atoms with van der Waals surface area (Å²) in [6.45, 7) is 1.76. The summed E-state index contributed by atoms with van der Waals surface area (Å²) in [6.07, 6.45) is 2.61. The molecule has 1 aliphatic heterocycles. The third kappa shape index (κ3) is 3.61. The van der Waals surface area contributed by atoms with Gasteiger partial charge in [-0.1, -0.05) is 18.2 Å². The van der Waals surface area contributed by atoms with Crippen LogP contribution in [0.4, 0.5) is 14.5 Å². The van der Waals surface area contributed by atoms with Crippen LogP contribution in [0.5, 0.6) is 5.75 Å². The van der Waals surface area contributed by atoms with Crippen LogP contribution >= 0.6 is 0 Å². The molecule has 2 aromatic carbocycles. The van der Waals surface area contributed by atoms with Crippen molar-refractivity contribution in [3.63, 3.8) is 0 Å². The first-order chi connectivity index (χ1) is 13.5. The monoisotopic (exact) mass is 386 g/mol. The molecule has 2 aliphatic rings. The van der Waals surface area contributed by atoms with Gasteiger partial charge >= 0.3 is 0 Å². The summed E-state index contributed by atoms with van der Waals surface area (Å²) < 4.78 is 33.0. The zero-order valence-corrected chi connectivity index (χ0v) is 15.9. The summed E-state index contributed by atoms with van der Waals surface area (Å²) in [7, 11) is 1.58. The second-order valence-corrected chi connectivity index (χ2v) is 7.78. The molecule has 1 N–H and O–H groups in total. The van der Waals surface area contributed by atoms with Crippen molar-refractivity contribution >= 4 is 11.6 Å². The number of nitrogens with zero attached hydrogens (tertiary/aromatic N) is 1. The van der Waals surface area contributed by atoms with Gasteiger partial charge in [-0.15, -0.1) is 0 Å². The van der Waals surface area contributed by atoms with Crippen molar-refractivity contribution in [1.29, 1.82) is 0 Å². The number of nitrogens with one attached hydrogen (secondary N) is 1. The van der Waals surface area contributed by atoms with Crippen LogP contribution in [-0.2, 0) is 11.3 Å². The van der Waals surface area contributed by atoms with Crippen molar-refractivity contribution < 1.29 is 18.3 Å². The Morgan fingerprint density at radius 2 is 1.82 bits per heavy atom. The van der Waals surface area contributed by atoms with E-state index in [2.05, 4.69) is 10.2 Å². The van der Waals surface area contributed by atoms with Crippen molar-refractivity contribution in [1.82, 2.24) is 4.90 Å².